The molecule has 318 valence electrons. The van der Waals surface area contributed by atoms with Crippen molar-refractivity contribution in [3.05, 3.63) is 12.2 Å². The lowest BCUT2D eigenvalue weighted by atomic mass is 9.32. The molecule has 14 atom stereocenters. The average Bonchev–Trinajstić information content (AvgIpc) is 3.42. The van der Waals surface area contributed by atoms with E-state index >= 15 is 0 Å². The summed E-state index contributed by atoms with van der Waals surface area (Å²) < 4.78 is 30.7. The first-order chi connectivity index (χ1) is 26.0. The van der Waals surface area contributed by atoms with Gasteiger partial charge in [0.25, 0.3) is 0 Å². The van der Waals surface area contributed by atoms with Crippen LogP contribution in [0.3, 0.4) is 0 Å². The maximum Gasteiger partial charge on any atom is 0.307 e. The average molecular weight is 801 g/mol. The molecule has 0 bridgehead atoms. The first-order valence-electron chi connectivity index (χ1n) is 22.4. The number of carbonyl (C=O) groups is 2. The first kappa shape index (κ1) is 42.6. The summed E-state index contributed by atoms with van der Waals surface area (Å²) in [4.78, 5) is 27.4. The van der Waals surface area contributed by atoms with E-state index < -0.39 is 27.8 Å². The van der Waals surface area contributed by atoms with Gasteiger partial charge in [-0.05, 0) is 148 Å². The summed E-state index contributed by atoms with van der Waals surface area (Å²) in [5.41, 5.74) is 1.39. The summed E-state index contributed by atoms with van der Waals surface area (Å²) in [5, 5.41) is 24.7. The second-order valence-corrected chi connectivity index (χ2v) is 24.6. The van der Waals surface area contributed by atoms with Crippen LogP contribution in [0.25, 0.3) is 0 Å². The number of hydrogen-bond acceptors (Lipinski definition) is 8. The van der Waals surface area contributed by atoms with Gasteiger partial charge in [-0.2, -0.15) is 0 Å². The van der Waals surface area contributed by atoms with Crippen molar-refractivity contribution in [1.82, 2.24) is 10.2 Å². The number of allylic oxidation sites excluding steroid dienone is 1. The summed E-state index contributed by atoms with van der Waals surface area (Å²) in [5.74, 6) is 1.35. The lowest BCUT2D eigenvalue weighted by Gasteiger charge is -2.73. The van der Waals surface area contributed by atoms with Crippen molar-refractivity contribution in [2.75, 3.05) is 31.1 Å². The van der Waals surface area contributed by atoms with Crippen LogP contribution in [-0.4, -0.2) is 90.4 Å². The molecule has 10 heteroatoms. The second-order valence-electron chi connectivity index (χ2n) is 22.3. The first-order valence-corrected chi connectivity index (χ1v) is 24.2. The van der Waals surface area contributed by atoms with Crippen molar-refractivity contribution in [3.8, 4) is 0 Å². The molecule has 7 fully saturated rings. The van der Waals surface area contributed by atoms with Crippen LogP contribution in [0, 0.1) is 68.5 Å². The largest absolute Gasteiger partial charge is 0.481 e. The van der Waals surface area contributed by atoms with Gasteiger partial charge >= 0.3 is 11.9 Å². The third kappa shape index (κ3) is 6.67. The van der Waals surface area contributed by atoms with E-state index in [2.05, 4.69) is 58.3 Å². The molecule has 0 radical (unpaired) electrons. The minimum Gasteiger partial charge on any atom is -0.481 e. The fourth-order valence-corrected chi connectivity index (χ4v) is 17.1. The number of sulfone groups is 1. The molecular formula is C46H76N2O7S. The Morgan fingerprint density at radius 3 is 2.16 bits per heavy atom. The number of carboxylic acid groups (broad SMARTS) is 1. The molecule has 0 aromatic heterocycles. The van der Waals surface area contributed by atoms with Gasteiger partial charge in [-0.3, -0.25) is 14.5 Å². The number of ether oxygens (including phenoxy) is 1. The zero-order valence-electron chi connectivity index (χ0n) is 36.3. The quantitative estimate of drug-likeness (QED) is 0.143. The van der Waals surface area contributed by atoms with Crippen LogP contribution in [0.1, 0.15) is 139 Å². The number of aliphatic hydroxyl groups excluding tert-OH is 1. The van der Waals surface area contributed by atoms with Crippen molar-refractivity contribution in [1.29, 1.82) is 0 Å². The molecule has 0 aromatic carbocycles. The molecule has 6 saturated carbocycles. The van der Waals surface area contributed by atoms with Crippen LogP contribution >= 0.6 is 0 Å². The standard InChI is InChI=1S/C46H76N2O7S/c1-28(2)30-13-19-46(47-22-16-33(29(3)49)48-23-25-56(53,54)26-24-48)21-20-44(9)31(38(30)46)11-12-35-43(8)17-15-36(42(6,7)34(43)14-18-45(35,44)10)55-37(50)27-32-39(40(51)52)41(32,4)5/h29-36,38-39,47,49H,1,11-27H2,2-10H3,(H,51,52)/t29-,30+,31-,32-,33-,34+,35-,36+,38-,39-,43+,44-,45-,46+/m1/s1. The number of carboxylic acids is 1. The number of nitrogens with zero attached hydrogens (tertiary/aromatic N) is 1. The van der Waals surface area contributed by atoms with Gasteiger partial charge in [0.2, 0.25) is 0 Å². The van der Waals surface area contributed by atoms with Gasteiger partial charge in [0.1, 0.15) is 6.10 Å². The predicted octanol–water partition coefficient (Wildman–Crippen LogP) is 7.51. The topological polar surface area (TPSA) is 133 Å². The SMILES string of the molecule is C=C(C)[C@@H]1CC[C@]2(NCC[C@H]([C@@H](C)O)N3CCS(=O)(=O)CC3)CC[C@]3(C)[C@H](CC[C@@H]4[C@@]5(C)CC[C@H](OC(=O)C[C@@H]6[C@H](C(=O)O)C6(C)C)C(C)(C)[C@@H]5CC[C@]43C)[C@@H]12. The van der Waals surface area contributed by atoms with Crippen LogP contribution in [0.5, 0.6) is 0 Å². The van der Waals surface area contributed by atoms with E-state index in [-0.39, 0.29) is 74.6 Å². The lowest BCUT2D eigenvalue weighted by Crippen LogP contribution is -2.69. The van der Waals surface area contributed by atoms with E-state index in [4.69, 9.17) is 4.74 Å². The number of aliphatic hydroxyl groups is 1. The van der Waals surface area contributed by atoms with Crippen molar-refractivity contribution in [2.24, 2.45) is 68.5 Å². The normalized spacial score (nSPS) is 45.9. The molecule has 0 aromatic rings. The predicted molar refractivity (Wildman–Crippen MR) is 220 cm³/mol. The molecule has 1 heterocycles. The molecule has 0 amide bonds. The van der Waals surface area contributed by atoms with E-state index in [1.807, 2.05) is 20.8 Å². The zero-order valence-corrected chi connectivity index (χ0v) is 37.1. The summed E-state index contributed by atoms with van der Waals surface area (Å²) in [6, 6.07) is -0.0529. The molecule has 7 aliphatic rings. The highest BCUT2D eigenvalue weighted by atomic mass is 32.2. The van der Waals surface area contributed by atoms with Crippen LogP contribution in [0.2, 0.25) is 0 Å². The van der Waals surface area contributed by atoms with Crippen molar-refractivity contribution >= 4 is 21.8 Å². The van der Waals surface area contributed by atoms with Gasteiger partial charge in [0.05, 0.1) is 23.5 Å². The number of nitrogens with one attached hydrogen (secondary N) is 1. The van der Waals surface area contributed by atoms with E-state index in [1.54, 1.807) is 0 Å². The smallest absolute Gasteiger partial charge is 0.307 e. The maximum atomic E-state index is 13.4. The molecule has 3 N–H and O–H groups in total. The monoisotopic (exact) mass is 801 g/mol. The Hall–Kier alpha value is -1.49. The van der Waals surface area contributed by atoms with E-state index in [9.17, 15) is 28.2 Å². The summed E-state index contributed by atoms with van der Waals surface area (Å²) in [7, 11) is -2.98. The van der Waals surface area contributed by atoms with Gasteiger partial charge in [-0.1, -0.05) is 60.6 Å². The van der Waals surface area contributed by atoms with Gasteiger partial charge < -0.3 is 20.3 Å². The van der Waals surface area contributed by atoms with Crippen LogP contribution < -0.4 is 5.32 Å². The van der Waals surface area contributed by atoms with Gasteiger partial charge in [-0.15, -0.1) is 0 Å². The highest BCUT2D eigenvalue weighted by Gasteiger charge is 2.71. The Bertz CT molecular complexity index is 1660. The van der Waals surface area contributed by atoms with Crippen molar-refractivity contribution < 1.29 is 33.0 Å². The number of hydrogen-bond donors (Lipinski definition) is 3. The van der Waals surface area contributed by atoms with E-state index in [0.29, 0.717) is 42.7 Å². The minimum atomic E-state index is -2.98. The number of aliphatic carboxylic acids is 1. The molecule has 6 aliphatic carbocycles. The molecule has 0 spiro atoms. The third-order valence-electron chi connectivity index (χ3n) is 19.3. The molecular weight excluding hydrogens is 725 g/mol. The number of carbonyl (C=O) groups excluding carboxylic acids is 1. The molecule has 7 rings (SSSR count). The Labute approximate surface area is 338 Å². The number of esters is 1. The third-order valence-corrected chi connectivity index (χ3v) is 20.9. The molecule has 9 nitrogen and oxygen atoms in total. The molecule has 1 saturated heterocycles. The molecule has 0 unspecified atom stereocenters. The Kier molecular flexibility index (Phi) is 10.9. The maximum absolute atomic E-state index is 13.4. The van der Waals surface area contributed by atoms with Gasteiger partial charge in [-0.25, -0.2) is 8.42 Å². The zero-order chi connectivity index (χ0) is 41.0. The summed E-state index contributed by atoms with van der Waals surface area (Å²) in [6.07, 6.45) is 11.7. The molecule has 56 heavy (non-hydrogen) atoms. The number of rotatable bonds is 11. The fourth-order valence-electron chi connectivity index (χ4n) is 15.9. The van der Waals surface area contributed by atoms with Crippen LogP contribution in [0.4, 0.5) is 0 Å². The number of fused-ring (bicyclic) bond motifs is 7. The van der Waals surface area contributed by atoms with Gasteiger partial charge in [0.15, 0.2) is 9.84 Å². The van der Waals surface area contributed by atoms with E-state index in [1.165, 1.54) is 37.7 Å². The van der Waals surface area contributed by atoms with E-state index in [0.717, 1.165) is 45.1 Å². The molecule has 1 aliphatic heterocycles. The minimum absolute atomic E-state index is 0.0522. The Morgan fingerprint density at radius 2 is 1.55 bits per heavy atom. The fraction of sp³-hybridized carbons (Fsp3) is 0.913. The van der Waals surface area contributed by atoms with Crippen molar-refractivity contribution in [3.63, 3.8) is 0 Å². The van der Waals surface area contributed by atoms with Crippen LogP contribution in [-0.2, 0) is 24.2 Å². The summed E-state index contributed by atoms with van der Waals surface area (Å²) in [6.45, 7) is 27.0. The highest BCUT2D eigenvalue weighted by Crippen LogP contribution is 2.76. The second kappa shape index (κ2) is 14.3. The van der Waals surface area contributed by atoms with Gasteiger partial charge in [0, 0.05) is 36.5 Å². The Morgan fingerprint density at radius 1 is 0.875 bits per heavy atom. The lowest BCUT2D eigenvalue weighted by molar-refractivity contribution is -0.246. The summed E-state index contributed by atoms with van der Waals surface area (Å²) >= 11 is 0. The van der Waals surface area contributed by atoms with Crippen molar-refractivity contribution in [2.45, 2.75) is 163 Å². The van der Waals surface area contributed by atoms with Crippen LogP contribution in [0.15, 0.2) is 12.2 Å². The Balaban J connectivity index is 1.07. The highest BCUT2D eigenvalue weighted by molar-refractivity contribution is 7.91.